The molecule has 1 saturated heterocycles. The van der Waals surface area contributed by atoms with E-state index in [0.717, 1.165) is 12.1 Å². The van der Waals surface area contributed by atoms with Crippen molar-refractivity contribution in [1.29, 1.82) is 0 Å². The predicted molar refractivity (Wildman–Crippen MR) is 101 cm³/mol. The first-order valence-electron chi connectivity index (χ1n) is 9.31. The summed E-state index contributed by atoms with van der Waals surface area (Å²) in [7, 11) is 0. The van der Waals surface area contributed by atoms with E-state index in [4.69, 9.17) is 0 Å². The minimum absolute atomic E-state index is 0.0754. The van der Waals surface area contributed by atoms with E-state index in [1.807, 2.05) is 0 Å². The van der Waals surface area contributed by atoms with Crippen LogP contribution in [0.25, 0.3) is 10.9 Å². The third-order valence-corrected chi connectivity index (χ3v) is 5.16. The molecule has 8 heteroatoms. The van der Waals surface area contributed by atoms with E-state index in [1.165, 1.54) is 24.4 Å². The fourth-order valence-electron chi connectivity index (χ4n) is 3.68. The maximum absolute atomic E-state index is 14.5. The number of nitrogens with one attached hydrogen (secondary N) is 2. The Labute approximate surface area is 164 Å². The summed E-state index contributed by atoms with van der Waals surface area (Å²) in [4.78, 5) is 12.8. The highest BCUT2D eigenvalue weighted by Gasteiger charge is 2.28. The van der Waals surface area contributed by atoms with Crippen molar-refractivity contribution in [2.45, 2.75) is 25.2 Å². The van der Waals surface area contributed by atoms with E-state index in [0.29, 0.717) is 24.0 Å². The zero-order valence-electron chi connectivity index (χ0n) is 15.4. The van der Waals surface area contributed by atoms with Crippen molar-refractivity contribution in [3.05, 3.63) is 71.2 Å². The molecule has 1 fully saturated rings. The van der Waals surface area contributed by atoms with Crippen molar-refractivity contribution in [3.63, 3.8) is 0 Å². The molecule has 3 aromatic rings. The summed E-state index contributed by atoms with van der Waals surface area (Å²) in [5, 5.41) is 5.67. The van der Waals surface area contributed by atoms with Gasteiger partial charge in [-0.3, -0.25) is 4.79 Å². The molecule has 0 aliphatic carbocycles. The number of piperidine rings is 1. The lowest BCUT2D eigenvalue weighted by molar-refractivity contribution is 0.0893. The number of alkyl halides is 1. The van der Waals surface area contributed by atoms with E-state index in [-0.39, 0.29) is 24.0 Å². The Hall–Kier alpha value is -2.87. The zero-order chi connectivity index (χ0) is 20.5. The SMILES string of the molecule is O=C(NC1CCNC[C@@H]1F)c1cn(Cc2ccc(F)c(F)c2)c2cccc(F)c12. The average molecular weight is 405 g/mol. The first-order valence-corrected chi connectivity index (χ1v) is 9.31. The van der Waals surface area contributed by atoms with Crippen LogP contribution in [0, 0.1) is 17.5 Å². The molecular formula is C21H19F4N3O. The molecule has 0 bridgehead atoms. The molecule has 2 aromatic carbocycles. The monoisotopic (exact) mass is 405 g/mol. The quantitative estimate of drug-likeness (QED) is 0.653. The van der Waals surface area contributed by atoms with Crippen LogP contribution < -0.4 is 10.6 Å². The molecule has 2 atom stereocenters. The highest BCUT2D eigenvalue weighted by Crippen LogP contribution is 2.26. The van der Waals surface area contributed by atoms with E-state index in [9.17, 15) is 22.4 Å². The van der Waals surface area contributed by atoms with Crippen LogP contribution in [-0.4, -0.2) is 35.8 Å². The third kappa shape index (κ3) is 3.85. The summed E-state index contributed by atoms with van der Waals surface area (Å²) in [6.45, 7) is 0.846. The Morgan fingerprint density at radius 3 is 2.72 bits per heavy atom. The number of hydrogen-bond acceptors (Lipinski definition) is 2. The van der Waals surface area contributed by atoms with Crippen molar-refractivity contribution in [2.24, 2.45) is 0 Å². The number of benzene rings is 2. The van der Waals surface area contributed by atoms with E-state index < -0.39 is 35.6 Å². The highest BCUT2D eigenvalue weighted by molar-refractivity contribution is 6.07. The van der Waals surface area contributed by atoms with Gasteiger partial charge in [-0.1, -0.05) is 12.1 Å². The van der Waals surface area contributed by atoms with Gasteiger partial charge in [-0.15, -0.1) is 0 Å². The molecule has 0 spiro atoms. The molecule has 1 aliphatic rings. The molecule has 1 aromatic heterocycles. The Kier molecular flexibility index (Phi) is 5.27. The minimum Gasteiger partial charge on any atom is -0.346 e. The molecule has 1 unspecified atom stereocenters. The van der Waals surface area contributed by atoms with Crippen LogP contribution in [0.4, 0.5) is 17.6 Å². The van der Waals surface area contributed by atoms with E-state index >= 15 is 0 Å². The molecule has 0 radical (unpaired) electrons. The molecule has 0 saturated carbocycles. The molecule has 2 heterocycles. The van der Waals surface area contributed by atoms with Gasteiger partial charge in [-0.05, 0) is 42.8 Å². The topological polar surface area (TPSA) is 46.1 Å². The Morgan fingerprint density at radius 1 is 1.14 bits per heavy atom. The lowest BCUT2D eigenvalue weighted by atomic mass is 10.0. The van der Waals surface area contributed by atoms with Crippen LogP contribution in [0.2, 0.25) is 0 Å². The van der Waals surface area contributed by atoms with Crippen molar-refractivity contribution in [3.8, 4) is 0 Å². The lowest BCUT2D eigenvalue weighted by Crippen LogP contribution is -2.50. The fraction of sp³-hybridized carbons (Fsp3) is 0.286. The number of halogens is 4. The van der Waals surface area contributed by atoms with Gasteiger partial charge in [0.05, 0.1) is 17.1 Å². The van der Waals surface area contributed by atoms with Crippen LogP contribution in [0.15, 0.2) is 42.6 Å². The number of fused-ring (bicyclic) bond motifs is 1. The van der Waals surface area contributed by atoms with Crippen LogP contribution in [0.1, 0.15) is 22.3 Å². The van der Waals surface area contributed by atoms with Gasteiger partial charge in [0.15, 0.2) is 11.6 Å². The number of hydrogen-bond donors (Lipinski definition) is 2. The largest absolute Gasteiger partial charge is 0.346 e. The molecule has 2 N–H and O–H groups in total. The summed E-state index contributed by atoms with van der Waals surface area (Å²) < 4.78 is 56.9. The summed E-state index contributed by atoms with van der Waals surface area (Å²) >= 11 is 0. The van der Waals surface area contributed by atoms with Gasteiger partial charge in [0, 0.05) is 24.7 Å². The summed E-state index contributed by atoms with van der Waals surface area (Å²) in [5.74, 6) is -3.10. The smallest absolute Gasteiger partial charge is 0.253 e. The van der Waals surface area contributed by atoms with Crippen molar-refractivity contribution < 1.29 is 22.4 Å². The number of rotatable bonds is 4. The number of amides is 1. The fourth-order valence-corrected chi connectivity index (χ4v) is 3.68. The maximum atomic E-state index is 14.5. The maximum Gasteiger partial charge on any atom is 0.253 e. The Morgan fingerprint density at radius 2 is 1.97 bits per heavy atom. The highest BCUT2D eigenvalue weighted by atomic mass is 19.2. The Bertz CT molecular complexity index is 1070. The van der Waals surface area contributed by atoms with Crippen LogP contribution in [0.5, 0.6) is 0 Å². The van der Waals surface area contributed by atoms with E-state index in [2.05, 4.69) is 10.6 Å². The number of carbonyl (C=O) groups is 1. The second-order valence-corrected chi connectivity index (χ2v) is 7.14. The van der Waals surface area contributed by atoms with Gasteiger partial charge >= 0.3 is 0 Å². The van der Waals surface area contributed by atoms with E-state index in [1.54, 1.807) is 10.6 Å². The van der Waals surface area contributed by atoms with Crippen molar-refractivity contribution >= 4 is 16.8 Å². The summed E-state index contributed by atoms with van der Waals surface area (Å²) in [6.07, 6.45) is 0.662. The van der Waals surface area contributed by atoms with Crippen LogP contribution in [-0.2, 0) is 6.54 Å². The summed E-state index contributed by atoms with van der Waals surface area (Å²) in [5.41, 5.74) is 0.965. The number of aromatic nitrogens is 1. The normalized spacial score (nSPS) is 19.4. The molecule has 4 rings (SSSR count). The van der Waals surface area contributed by atoms with Gasteiger partial charge in [0.2, 0.25) is 0 Å². The number of nitrogens with zero attached hydrogens (tertiary/aromatic N) is 1. The average Bonchev–Trinajstić information content (AvgIpc) is 3.06. The molecule has 1 aliphatic heterocycles. The predicted octanol–water partition coefficient (Wildman–Crippen LogP) is 3.54. The van der Waals surface area contributed by atoms with Gasteiger partial charge < -0.3 is 15.2 Å². The van der Waals surface area contributed by atoms with Gasteiger partial charge in [0.25, 0.3) is 5.91 Å². The minimum atomic E-state index is -1.23. The number of carbonyl (C=O) groups excluding carboxylic acids is 1. The molecule has 29 heavy (non-hydrogen) atoms. The van der Waals surface area contributed by atoms with Gasteiger partial charge in [-0.2, -0.15) is 0 Å². The first-order chi connectivity index (χ1) is 13.9. The Balaban J connectivity index is 1.69. The van der Waals surface area contributed by atoms with Gasteiger partial charge in [-0.25, -0.2) is 17.6 Å². The van der Waals surface area contributed by atoms with Crippen LogP contribution in [0.3, 0.4) is 0 Å². The molecule has 4 nitrogen and oxygen atoms in total. The van der Waals surface area contributed by atoms with Crippen molar-refractivity contribution in [2.75, 3.05) is 13.1 Å². The van der Waals surface area contributed by atoms with Gasteiger partial charge in [0.1, 0.15) is 12.0 Å². The molecular weight excluding hydrogens is 386 g/mol. The standard InChI is InChI=1S/C21H19F4N3O/c22-14-5-4-12(8-16(14)24)10-28-11-13(20-15(23)2-1-3-19(20)28)21(29)27-18-6-7-26-9-17(18)25/h1-5,8,11,17-18,26H,6-7,9-10H2,(H,27,29)/t17-,18?/m0/s1. The second kappa shape index (κ2) is 7.87. The second-order valence-electron chi connectivity index (χ2n) is 7.14. The third-order valence-electron chi connectivity index (χ3n) is 5.16. The lowest BCUT2D eigenvalue weighted by Gasteiger charge is -2.27. The van der Waals surface area contributed by atoms with Crippen molar-refractivity contribution in [1.82, 2.24) is 15.2 Å². The van der Waals surface area contributed by atoms with Crippen LogP contribution >= 0.6 is 0 Å². The summed E-state index contributed by atoms with van der Waals surface area (Å²) in [6, 6.07) is 7.23. The molecule has 1 amide bonds. The molecule has 152 valence electrons. The first kappa shape index (κ1) is 19.4. The zero-order valence-corrected chi connectivity index (χ0v) is 15.4.